The molecule has 0 saturated carbocycles. The van der Waals surface area contributed by atoms with Crippen LogP contribution in [0.1, 0.15) is 20.8 Å². The predicted molar refractivity (Wildman–Crippen MR) is 70.3 cm³/mol. The quantitative estimate of drug-likeness (QED) is 0.420. The number of ether oxygens (including phenoxy) is 3. The van der Waals surface area contributed by atoms with Crippen molar-refractivity contribution in [3.05, 3.63) is 0 Å². The number of carbonyl (C=O) groups excluding carboxylic acids is 3. The zero-order valence-corrected chi connectivity index (χ0v) is 12.6. The molecule has 0 aromatic carbocycles. The summed E-state index contributed by atoms with van der Waals surface area (Å²) in [5.74, 6) is -0.396. The lowest BCUT2D eigenvalue weighted by molar-refractivity contribution is -0.163. The number of halogens is 2. The van der Waals surface area contributed by atoms with Crippen molar-refractivity contribution in [1.82, 2.24) is 0 Å². The summed E-state index contributed by atoms with van der Waals surface area (Å²) < 4.78 is 14.0. The molecule has 0 rings (SSSR count). The minimum atomic E-state index is -0.754. The first-order valence-corrected chi connectivity index (χ1v) is 6.46. The molecule has 0 spiro atoms. The number of carbonyl (C=O) groups is 3. The highest BCUT2D eigenvalue weighted by Gasteiger charge is 2.15. The van der Waals surface area contributed by atoms with Gasteiger partial charge in [0.05, 0.1) is 0 Å². The van der Waals surface area contributed by atoms with E-state index in [0.717, 1.165) is 0 Å². The highest BCUT2D eigenvalue weighted by molar-refractivity contribution is 6.25. The van der Waals surface area contributed by atoms with Crippen molar-refractivity contribution < 1.29 is 28.6 Å². The van der Waals surface area contributed by atoms with Crippen LogP contribution in [0.5, 0.6) is 0 Å². The van der Waals surface area contributed by atoms with Crippen LogP contribution in [0.4, 0.5) is 0 Å². The summed E-state index contributed by atoms with van der Waals surface area (Å²) in [5, 5.41) is 0. The highest BCUT2D eigenvalue weighted by atomic mass is 35.5. The fourth-order valence-electron chi connectivity index (χ4n) is 0.771. The maximum atomic E-state index is 10.6. The van der Waals surface area contributed by atoms with E-state index in [2.05, 4.69) is 9.47 Å². The van der Waals surface area contributed by atoms with Crippen molar-refractivity contribution in [3.8, 4) is 0 Å². The Balaban J connectivity index is 0. The smallest absolute Gasteiger partial charge is 0.303 e. The number of esters is 3. The molecule has 112 valence electrons. The fraction of sp³-hybridized carbons (Fsp3) is 0.727. The molecule has 0 aromatic heterocycles. The van der Waals surface area contributed by atoms with Gasteiger partial charge in [0.1, 0.15) is 13.2 Å². The Hall–Kier alpha value is -1.01. The Morgan fingerprint density at radius 3 is 1.42 bits per heavy atom. The molecule has 0 aliphatic carbocycles. The third-order valence-electron chi connectivity index (χ3n) is 1.35. The molecule has 0 aliphatic rings. The molecule has 0 unspecified atom stereocenters. The third kappa shape index (κ3) is 19.5. The summed E-state index contributed by atoms with van der Waals surface area (Å²) in [7, 11) is 0. The van der Waals surface area contributed by atoms with Gasteiger partial charge in [-0.2, -0.15) is 0 Å². The van der Waals surface area contributed by atoms with Gasteiger partial charge in [-0.15, -0.1) is 23.2 Å². The van der Waals surface area contributed by atoms with E-state index in [0.29, 0.717) is 11.8 Å². The topological polar surface area (TPSA) is 78.9 Å². The zero-order valence-electron chi connectivity index (χ0n) is 11.1. The third-order valence-corrected chi connectivity index (χ3v) is 1.92. The summed E-state index contributed by atoms with van der Waals surface area (Å²) >= 11 is 10.1. The molecule has 0 fully saturated rings. The van der Waals surface area contributed by atoms with Gasteiger partial charge in [0.25, 0.3) is 0 Å². The molecule has 0 bridgehead atoms. The van der Waals surface area contributed by atoms with Crippen molar-refractivity contribution in [3.63, 3.8) is 0 Å². The Morgan fingerprint density at radius 2 is 1.21 bits per heavy atom. The van der Waals surface area contributed by atoms with E-state index >= 15 is 0 Å². The molecule has 0 amide bonds. The van der Waals surface area contributed by atoms with Gasteiger partial charge in [-0.3, -0.25) is 14.4 Å². The van der Waals surface area contributed by atoms with E-state index in [1.165, 1.54) is 20.8 Å². The normalized spacial score (nSPS) is 9.16. The number of rotatable bonds is 6. The van der Waals surface area contributed by atoms with E-state index in [1.54, 1.807) is 0 Å². The van der Waals surface area contributed by atoms with Crippen molar-refractivity contribution in [2.75, 3.05) is 25.0 Å². The maximum Gasteiger partial charge on any atom is 0.303 e. The Labute approximate surface area is 122 Å². The first-order chi connectivity index (χ1) is 8.83. The minimum Gasteiger partial charge on any atom is -0.462 e. The molecule has 0 aromatic rings. The van der Waals surface area contributed by atoms with Gasteiger partial charge < -0.3 is 14.2 Å². The first-order valence-electron chi connectivity index (χ1n) is 5.39. The standard InChI is InChI=1S/C9H14O6.C2H4Cl2/c1-6(10)13-4-9(15-8(3)12)5-14-7(2)11;3-1-2-4/h9H,4-5H2,1-3H3;1-2H2. The molecule has 0 aliphatic heterocycles. The second-order valence-corrected chi connectivity index (χ2v) is 3.97. The predicted octanol–water partition coefficient (Wildman–Crippen LogP) is 1.51. The second-order valence-electron chi connectivity index (χ2n) is 3.21. The van der Waals surface area contributed by atoms with Crippen LogP contribution in [-0.2, 0) is 28.6 Å². The lowest BCUT2D eigenvalue weighted by Gasteiger charge is -2.15. The van der Waals surface area contributed by atoms with Crippen LogP contribution in [0, 0.1) is 0 Å². The van der Waals surface area contributed by atoms with E-state index < -0.39 is 24.0 Å². The van der Waals surface area contributed by atoms with Crippen LogP contribution in [0.25, 0.3) is 0 Å². The van der Waals surface area contributed by atoms with Gasteiger partial charge >= 0.3 is 17.9 Å². The van der Waals surface area contributed by atoms with Crippen molar-refractivity contribution in [2.24, 2.45) is 0 Å². The molecular formula is C11H18Cl2O6. The van der Waals surface area contributed by atoms with Crippen LogP contribution in [0.3, 0.4) is 0 Å². The van der Waals surface area contributed by atoms with Gasteiger partial charge in [-0.1, -0.05) is 0 Å². The van der Waals surface area contributed by atoms with Gasteiger partial charge in [-0.25, -0.2) is 0 Å². The lowest BCUT2D eigenvalue weighted by atomic mass is 10.4. The molecule has 0 radical (unpaired) electrons. The van der Waals surface area contributed by atoms with Gasteiger partial charge in [0, 0.05) is 32.5 Å². The minimum absolute atomic E-state index is 0.123. The van der Waals surface area contributed by atoms with E-state index in [1.807, 2.05) is 0 Å². The van der Waals surface area contributed by atoms with Crippen LogP contribution in [-0.4, -0.2) is 49.0 Å². The molecule has 8 heteroatoms. The van der Waals surface area contributed by atoms with Crippen LogP contribution >= 0.6 is 23.2 Å². The van der Waals surface area contributed by atoms with Gasteiger partial charge in [0.2, 0.25) is 0 Å². The van der Waals surface area contributed by atoms with Crippen LogP contribution < -0.4 is 0 Å². The molecule has 0 saturated heterocycles. The Morgan fingerprint density at radius 1 is 0.842 bits per heavy atom. The summed E-state index contributed by atoms with van der Waals surface area (Å²) in [6.45, 7) is 3.44. The SMILES string of the molecule is CC(=O)OCC(COC(C)=O)OC(C)=O.ClCCCl. The Kier molecular flexibility index (Phi) is 14.3. The van der Waals surface area contributed by atoms with E-state index in [9.17, 15) is 14.4 Å². The average Bonchev–Trinajstić information content (AvgIpc) is 2.32. The van der Waals surface area contributed by atoms with E-state index in [4.69, 9.17) is 27.9 Å². The fourth-order valence-corrected chi connectivity index (χ4v) is 0.771. The lowest BCUT2D eigenvalue weighted by Crippen LogP contribution is -2.29. The molecule has 0 heterocycles. The molecule has 0 atom stereocenters. The highest BCUT2D eigenvalue weighted by Crippen LogP contribution is 1.97. The van der Waals surface area contributed by atoms with Crippen molar-refractivity contribution in [1.29, 1.82) is 0 Å². The summed E-state index contributed by atoms with van der Waals surface area (Å²) in [6, 6.07) is 0. The van der Waals surface area contributed by atoms with Crippen LogP contribution in [0.2, 0.25) is 0 Å². The maximum absolute atomic E-state index is 10.6. The molecule has 19 heavy (non-hydrogen) atoms. The summed E-state index contributed by atoms with van der Waals surface area (Å²) in [5.41, 5.74) is 0. The number of hydrogen-bond acceptors (Lipinski definition) is 6. The van der Waals surface area contributed by atoms with Crippen molar-refractivity contribution >= 4 is 41.1 Å². The monoisotopic (exact) mass is 316 g/mol. The number of alkyl halides is 2. The number of hydrogen-bond donors (Lipinski definition) is 0. The van der Waals surface area contributed by atoms with Crippen LogP contribution in [0.15, 0.2) is 0 Å². The molecule has 0 N–H and O–H groups in total. The van der Waals surface area contributed by atoms with Crippen molar-refractivity contribution in [2.45, 2.75) is 26.9 Å². The van der Waals surface area contributed by atoms with Gasteiger partial charge in [-0.05, 0) is 0 Å². The summed E-state index contributed by atoms with van der Waals surface area (Å²) in [4.78, 5) is 31.6. The summed E-state index contributed by atoms with van der Waals surface area (Å²) in [6.07, 6.45) is -0.754. The largest absolute Gasteiger partial charge is 0.462 e. The first kappa shape index (κ1) is 20.3. The average molecular weight is 317 g/mol. The molecule has 6 nitrogen and oxygen atoms in total. The van der Waals surface area contributed by atoms with E-state index in [-0.39, 0.29) is 13.2 Å². The molecular weight excluding hydrogens is 299 g/mol. The van der Waals surface area contributed by atoms with Gasteiger partial charge in [0.15, 0.2) is 6.10 Å². The zero-order chi connectivity index (χ0) is 15.3. The second kappa shape index (κ2) is 13.4. The Bertz CT molecular complexity index is 262.